The van der Waals surface area contributed by atoms with Gasteiger partial charge in [0.25, 0.3) is 0 Å². The first kappa shape index (κ1) is 5.02. The largest absolute Gasteiger partial charge is 0.461 e. The van der Waals surface area contributed by atoms with Crippen molar-refractivity contribution in [2.24, 2.45) is 0 Å². The molecule has 0 aromatic heterocycles. The average molecular weight is 90.1 g/mol. The van der Waals surface area contributed by atoms with Gasteiger partial charge in [0.05, 0.1) is 0 Å². The van der Waals surface area contributed by atoms with Gasteiger partial charge >= 0.3 is 11.7 Å². The second-order valence-corrected chi connectivity index (χ2v) is 1.90. The third kappa shape index (κ3) is 4.02. The molecule has 0 fully saturated rings. The van der Waals surface area contributed by atoms with Crippen LogP contribution in [0.15, 0.2) is 0 Å². The van der Waals surface area contributed by atoms with E-state index in [0.29, 0.717) is 11.7 Å². The predicted octanol–water partition coefficient (Wildman–Crippen LogP) is 0.637. The summed E-state index contributed by atoms with van der Waals surface area (Å²) < 4.78 is 9.48. The molecule has 0 rings (SSSR count). The molecule has 1 unspecified atom stereocenters. The first-order valence-electron chi connectivity index (χ1n) is 1.39. The fraction of sp³-hybridized carbons (Fsp3) is 0.667. The van der Waals surface area contributed by atoms with E-state index < -0.39 is 0 Å². The monoisotopic (exact) mass is 90.0 g/mol. The van der Waals surface area contributed by atoms with Gasteiger partial charge in [-0.15, -0.1) is 0 Å². The highest BCUT2D eigenvalue weighted by atomic mass is 32.1. The van der Waals surface area contributed by atoms with Gasteiger partial charge in [0.2, 0.25) is 5.25 Å². The maximum atomic E-state index is 9.48. The second-order valence-electron chi connectivity index (χ2n) is 0.907. The molecule has 1 nitrogen and oxygen atoms in total. The van der Waals surface area contributed by atoms with Gasteiger partial charge in [-0.3, -0.25) is 0 Å². The molecular formula is C3H6OS+. The molecule has 0 amide bonds. The third-order valence-electron chi connectivity index (χ3n) is 0.164. The quantitative estimate of drug-likeness (QED) is 0.432. The van der Waals surface area contributed by atoms with Crippen LogP contribution in [0.4, 0.5) is 0 Å². The standard InChI is InChI=1S/C3H6OS/c1-3(2)5-4/h3H,1H2,2H3/q+1. The minimum Gasteiger partial charge on any atom is -0.00282 e. The molecule has 5 heavy (non-hydrogen) atoms. The van der Waals surface area contributed by atoms with Crippen molar-refractivity contribution >= 4 is 11.7 Å². The van der Waals surface area contributed by atoms with Gasteiger partial charge in [-0.25, -0.2) is 0 Å². The topological polar surface area (TPSA) is 17.1 Å². The second kappa shape index (κ2) is 2.27. The van der Waals surface area contributed by atoms with Crippen LogP contribution in [0.25, 0.3) is 0 Å². The molecule has 0 spiro atoms. The van der Waals surface area contributed by atoms with E-state index in [0.717, 1.165) is 0 Å². The van der Waals surface area contributed by atoms with Crippen molar-refractivity contribution in [3.8, 4) is 0 Å². The lowest BCUT2D eigenvalue weighted by atomic mass is 10.6. The lowest BCUT2D eigenvalue weighted by Gasteiger charge is -1.59. The highest BCUT2D eigenvalue weighted by molar-refractivity contribution is 7.66. The molecule has 0 aromatic carbocycles. The molecular weight excluding hydrogens is 84.1 g/mol. The van der Waals surface area contributed by atoms with Crippen molar-refractivity contribution in [3.05, 3.63) is 6.92 Å². The molecule has 0 saturated heterocycles. The summed E-state index contributed by atoms with van der Waals surface area (Å²) in [4.78, 5) is 0. The van der Waals surface area contributed by atoms with Crippen molar-refractivity contribution in [3.63, 3.8) is 0 Å². The first-order chi connectivity index (χ1) is 2.27. The van der Waals surface area contributed by atoms with Crippen LogP contribution in [0.1, 0.15) is 6.92 Å². The number of rotatable bonds is 1. The molecule has 29 valence electrons. The smallest absolute Gasteiger partial charge is 0.00282 e. The fourth-order valence-electron chi connectivity index (χ4n) is 0. The van der Waals surface area contributed by atoms with Gasteiger partial charge in [-0.2, -0.15) is 0 Å². The van der Waals surface area contributed by atoms with Crippen LogP contribution >= 0.6 is 0 Å². The van der Waals surface area contributed by atoms with Crippen molar-refractivity contribution < 1.29 is 4.21 Å². The summed E-state index contributed by atoms with van der Waals surface area (Å²) in [6, 6.07) is 0. The fourth-order valence-corrected chi connectivity index (χ4v) is 0. The summed E-state index contributed by atoms with van der Waals surface area (Å²) in [5.41, 5.74) is 0. The lowest BCUT2D eigenvalue weighted by molar-refractivity contribution is 0.602. The molecule has 2 heteroatoms. The summed E-state index contributed by atoms with van der Waals surface area (Å²) >= 11 is 0.519. The Morgan fingerprint density at radius 1 is 2.00 bits per heavy atom. The van der Waals surface area contributed by atoms with Gasteiger partial charge in [0.1, 0.15) is 0 Å². The summed E-state index contributed by atoms with van der Waals surface area (Å²) in [5, 5.41) is -0.00463. The number of hydrogen-bond donors (Lipinski definition) is 0. The summed E-state index contributed by atoms with van der Waals surface area (Å²) in [6.45, 7) is 5.17. The van der Waals surface area contributed by atoms with Crippen LogP contribution in [0.3, 0.4) is 0 Å². The highest BCUT2D eigenvalue weighted by Crippen LogP contribution is 1.73. The van der Waals surface area contributed by atoms with Crippen molar-refractivity contribution in [1.29, 1.82) is 0 Å². The van der Waals surface area contributed by atoms with E-state index in [-0.39, 0.29) is 5.25 Å². The zero-order valence-corrected chi connectivity index (χ0v) is 3.92. The van der Waals surface area contributed by atoms with Crippen molar-refractivity contribution in [1.82, 2.24) is 0 Å². The first-order valence-corrected chi connectivity index (χ1v) is 2.19. The van der Waals surface area contributed by atoms with E-state index in [2.05, 4.69) is 6.92 Å². The molecule has 0 bridgehead atoms. The molecule has 0 saturated carbocycles. The van der Waals surface area contributed by atoms with Crippen LogP contribution in [0.5, 0.6) is 0 Å². The molecule has 0 aliphatic heterocycles. The lowest BCUT2D eigenvalue weighted by Crippen LogP contribution is -1.86. The Hall–Kier alpha value is 0.0200. The average Bonchev–Trinajstić information content (AvgIpc) is 1.38. The Morgan fingerprint density at radius 3 is 2.20 bits per heavy atom. The van der Waals surface area contributed by atoms with Crippen LogP contribution in [-0.2, 0) is 15.9 Å². The normalized spacial score (nSPS) is 8.60. The van der Waals surface area contributed by atoms with E-state index in [1.165, 1.54) is 0 Å². The molecule has 0 N–H and O–H groups in total. The summed E-state index contributed by atoms with van der Waals surface area (Å²) in [5.74, 6) is 0. The minimum atomic E-state index is -0.00463. The van der Waals surface area contributed by atoms with E-state index in [1.807, 2.05) is 0 Å². The number of hydrogen-bond acceptors (Lipinski definition) is 1. The van der Waals surface area contributed by atoms with Crippen molar-refractivity contribution in [2.45, 2.75) is 12.2 Å². The molecule has 1 radical (unpaired) electrons. The van der Waals surface area contributed by atoms with Gasteiger partial charge in [-0.05, 0) is 6.92 Å². The maximum Gasteiger partial charge on any atom is 0.461 e. The van der Waals surface area contributed by atoms with E-state index in [1.54, 1.807) is 6.92 Å². The predicted molar refractivity (Wildman–Crippen MR) is 22.9 cm³/mol. The van der Waals surface area contributed by atoms with Gasteiger partial charge in [0, 0.05) is 11.1 Å². The van der Waals surface area contributed by atoms with Gasteiger partial charge in [0.15, 0.2) is 0 Å². The van der Waals surface area contributed by atoms with Crippen LogP contribution in [-0.4, -0.2) is 5.25 Å². The summed E-state index contributed by atoms with van der Waals surface area (Å²) in [7, 11) is 0. The summed E-state index contributed by atoms with van der Waals surface area (Å²) in [6.07, 6.45) is 0. The Balaban J connectivity index is 2.83. The van der Waals surface area contributed by atoms with E-state index >= 15 is 0 Å². The minimum absolute atomic E-state index is 0.00463. The van der Waals surface area contributed by atoms with Gasteiger partial charge < -0.3 is 0 Å². The molecule has 0 heterocycles. The van der Waals surface area contributed by atoms with Crippen LogP contribution in [0, 0.1) is 6.92 Å². The molecule has 1 atom stereocenters. The maximum absolute atomic E-state index is 9.48. The Kier molecular flexibility index (Phi) is 2.28. The molecule has 0 aliphatic carbocycles. The highest BCUT2D eigenvalue weighted by Gasteiger charge is 2.01. The SMILES string of the molecule is [CH2]C(C)[S+]=O. The van der Waals surface area contributed by atoms with E-state index in [9.17, 15) is 4.21 Å². The van der Waals surface area contributed by atoms with Gasteiger partial charge in [-0.1, -0.05) is 0 Å². The Morgan fingerprint density at radius 2 is 2.20 bits per heavy atom. The van der Waals surface area contributed by atoms with E-state index in [4.69, 9.17) is 0 Å². The molecule has 0 aromatic rings. The molecule has 0 aliphatic rings. The van der Waals surface area contributed by atoms with Crippen molar-refractivity contribution in [2.75, 3.05) is 0 Å². The zero-order valence-electron chi connectivity index (χ0n) is 3.10. The Bertz CT molecular complexity index is 33.9. The van der Waals surface area contributed by atoms with Crippen LogP contribution in [0.2, 0.25) is 0 Å². The van der Waals surface area contributed by atoms with Crippen LogP contribution < -0.4 is 0 Å². The Labute approximate surface area is 35.9 Å². The zero-order chi connectivity index (χ0) is 4.28. The third-order valence-corrected chi connectivity index (χ3v) is 0.493.